The van der Waals surface area contributed by atoms with Crippen LogP contribution in [0, 0.1) is 6.92 Å². The van der Waals surface area contributed by atoms with Gasteiger partial charge in [0.25, 0.3) is 0 Å². The van der Waals surface area contributed by atoms with E-state index in [0.717, 1.165) is 9.90 Å². The van der Waals surface area contributed by atoms with Gasteiger partial charge in [-0.2, -0.15) is 0 Å². The second-order valence-corrected chi connectivity index (χ2v) is 5.73. The van der Waals surface area contributed by atoms with Crippen molar-refractivity contribution in [3.63, 3.8) is 0 Å². The molecule has 2 rings (SSSR count). The van der Waals surface area contributed by atoms with E-state index in [1.54, 1.807) is 22.7 Å². The first-order chi connectivity index (χ1) is 6.68. The molecule has 0 saturated heterocycles. The van der Waals surface area contributed by atoms with Gasteiger partial charge in [-0.05, 0) is 30.5 Å². The fourth-order valence-electron chi connectivity index (χ4n) is 1.28. The van der Waals surface area contributed by atoms with Crippen LogP contribution in [0.5, 0.6) is 0 Å². The van der Waals surface area contributed by atoms with Gasteiger partial charge in [0.15, 0.2) is 0 Å². The van der Waals surface area contributed by atoms with Crippen LogP contribution in [0.15, 0.2) is 23.6 Å². The van der Waals surface area contributed by atoms with Crippen molar-refractivity contribution in [3.8, 4) is 0 Å². The van der Waals surface area contributed by atoms with Crippen LogP contribution in [0.25, 0.3) is 0 Å². The summed E-state index contributed by atoms with van der Waals surface area (Å²) in [5.74, 6) is 0. The Morgan fingerprint density at radius 2 is 2.14 bits per heavy atom. The zero-order valence-electron chi connectivity index (χ0n) is 7.66. The SMILES string of the molecule is Cc1ccc(C(N)c2sccc2Cl)s1. The summed E-state index contributed by atoms with van der Waals surface area (Å²) in [6, 6.07) is 5.98. The Hall–Kier alpha value is -0.350. The molecule has 1 nitrogen and oxygen atoms in total. The smallest absolute Gasteiger partial charge is 0.0755 e. The van der Waals surface area contributed by atoms with Crippen LogP contribution in [0.3, 0.4) is 0 Å². The predicted octanol–water partition coefficient (Wildman–Crippen LogP) is 3.82. The van der Waals surface area contributed by atoms with E-state index in [4.69, 9.17) is 17.3 Å². The number of thiophene rings is 2. The van der Waals surface area contributed by atoms with Gasteiger partial charge < -0.3 is 5.73 Å². The van der Waals surface area contributed by atoms with Gasteiger partial charge in [-0.15, -0.1) is 22.7 Å². The Morgan fingerprint density at radius 1 is 1.36 bits per heavy atom. The van der Waals surface area contributed by atoms with Crippen molar-refractivity contribution in [1.82, 2.24) is 0 Å². The molecule has 2 N–H and O–H groups in total. The molecule has 0 aromatic carbocycles. The largest absolute Gasteiger partial charge is 0.319 e. The summed E-state index contributed by atoms with van der Waals surface area (Å²) >= 11 is 9.36. The van der Waals surface area contributed by atoms with Crippen LogP contribution in [0.1, 0.15) is 20.7 Å². The third-order valence-corrected chi connectivity index (χ3v) is 4.52. The lowest BCUT2D eigenvalue weighted by Gasteiger charge is -2.07. The minimum atomic E-state index is -0.0683. The average molecular weight is 244 g/mol. The highest BCUT2D eigenvalue weighted by Crippen LogP contribution is 2.33. The van der Waals surface area contributed by atoms with Crippen molar-refractivity contribution in [2.75, 3.05) is 0 Å². The van der Waals surface area contributed by atoms with Gasteiger partial charge in [0, 0.05) is 14.6 Å². The van der Waals surface area contributed by atoms with Crippen LogP contribution in [0.4, 0.5) is 0 Å². The molecule has 0 aliphatic rings. The van der Waals surface area contributed by atoms with E-state index < -0.39 is 0 Å². The molecule has 14 heavy (non-hydrogen) atoms. The van der Waals surface area contributed by atoms with E-state index in [2.05, 4.69) is 19.1 Å². The van der Waals surface area contributed by atoms with Crippen LogP contribution >= 0.6 is 34.3 Å². The maximum absolute atomic E-state index is 6.11. The van der Waals surface area contributed by atoms with Gasteiger partial charge in [-0.1, -0.05) is 11.6 Å². The van der Waals surface area contributed by atoms with E-state index in [9.17, 15) is 0 Å². The maximum Gasteiger partial charge on any atom is 0.0755 e. The lowest BCUT2D eigenvalue weighted by molar-refractivity contribution is 0.918. The molecule has 1 unspecified atom stereocenters. The van der Waals surface area contributed by atoms with E-state index in [0.29, 0.717) is 0 Å². The predicted molar refractivity (Wildman–Crippen MR) is 64.4 cm³/mol. The Morgan fingerprint density at radius 3 is 2.64 bits per heavy atom. The summed E-state index contributed by atoms with van der Waals surface area (Å²) in [6.45, 7) is 2.08. The molecule has 74 valence electrons. The molecule has 2 heterocycles. The number of nitrogens with two attached hydrogens (primary N) is 1. The summed E-state index contributed by atoms with van der Waals surface area (Å²) < 4.78 is 0. The van der Waals surface area contributed by atoms with Gasteiger partial charge in [-0.25, -0.2) is 0 Å². The molecule has 0 fully saturated rings. The summed E-state index contributed by atoms with van der Waals surface area (Å²) in [4.78, 5) is 3.50. The summed E-state index contributed by atoms with van der Waals surface area (Å²) in [5, 5.41) is 2.74. The van der Waals surface area contributed by atoms with Crippen LogP contribution in [-0.4, -0.2) is 0 Å². The topological polar surface area (TPSA) is 26.0 Å². The van der Waals surface area contributed by atoms with Crippen LogP contribution in [-0.2, 0) is 0 Å². The van der Waals surface area contributed by atoms with Crippen LogP contribution in [0.2, 0.25) is 5.02 Å². The number of aryl methyl sites for hydroxylation is 1. The van der Waals surface area contributed by atoms with E-state index >= 15 is 0 Å². The molecule has 0 aliphatic carbocycles. The number of hydrogen-bond acceptors (Lipinski definition) is 3. The van der Waals surface area contributed by atoms with Crippen LogP contribution < -0.4 is 5.73 Å². The third-order valence-electron chi connectivity index (χ3n) is 1.99. The van der Waals surface area contributed by atoms with Crippen molar-refractivity contribution in [3.05, 3.63) is 43.2 Å². The highest BCUT2D eigenvalue weighted by molar-refractivity contribution is 7.13. The highest BCUT2D eigenvalue weighted by atomic mass is 35.5. The van der Waals surface area contributed by atoms with Crippen molar-refractivity contribution in [2.45, 2.75) is 13.0 Å². The van der Waals surface area contributed by atoms with Crippen molar-refractivity contribution < 1.29 is 0 Å². The van der Waals surface area contributed by atoms with Gasteiger partial charge >= 0.3 is 0 Å². The Bertz CT molecular complexity index is 433. The van der Waals surface area contributed by atoms with Gasteiger partial charge in [0.05, 0.1) is 11.1 Å². The lowest BCUT2D eigenvalue weighted by atomic mass is 10.2. The summed E-state index contributed by atoms with van der Waals surface area (Å²) in [6.07, 6.45) is 0. The number of halogens is 1. The van der Waals surface area contributed by atoms with Crippen molar-refractivity contribution in [2.24, 2.45) is 5.73 Å². The molecule has 1 atom stereocenters. The maximum atomic E-state index is 6.11. The first kappa shape index (κ1) is 10.2. The Balaban J connectivity index is 2.33. The second-order valence-electron chi connectivity index (χ2n) is 3.06. The molecule has 2 aromatic heterocycles. The summed E-state index contributed by atoms with van der Waals surface area (Å²) in [5.41, 5.74) is 6.11. The molecular weight excluding hydrogens is 234 g/mol. The normalized spacial score (nSPS) is 13.1. The standard InChI is InChI=1S/C10H10ClNS2/c1-6-2-3-8(14-6)9(12)10-7(11)4-5-13-10/h2-5,9H,12H2,1H3. The molecule has 4 heteroatoms. The quantitative estimate of drug-likeness (QED) is 0.853. The molecule has 2 aromatic rings. The zero-order valence-corrected chi connectivity index (χ0v) is 10.0. The minimum Gasteiger partial charge on any atom is -0.319 e. The minimum absolute atomic E-state index is 0.0683. The van der Waals surface area contributed by atoms with E-state index in [1.165, 1.54) is 9.75 Å². The first-order valence-corrected chi connectivity index (χ1v) is 6.30. The molecular formula is C10H10ClNS2. The molecule has 0 saturated carbocycles. The Kier molecular flexibility index (Phi) is 2.93. The molecule has 0 amide bonds. The molecule has 0 aliphatic heterocycles. The average Bonchev–Trinajstić information content (AvgIpc) is 2.73. The molecule has 0 spiro atoms. The lowest BCUT2D eigenvalue weighted by Crippen LogP contribution is -2.08. The van der Waals surface area contributed by atoms with Gasteiger partial charge in [-0.3, -0.25) is 0 Å². The fraction of sp³-hybridized carbons (Fsp3) is 0.200. The highest BCUT2D eigenvalue weighted by Gasteiger charge is 2.15. The Labute approximate surface area is 96.1 Å². The van der Waals surface area contributed by atoms with E-state index in [1.807, 2.05) is 11.4 Å². The summed E-state index contributed by atoms with van der Waals surface area (Å²) in [7, 11) is 0. The second kappa shape index (κ2) is 4.03. The number of rotatable bonds is 2. The zero-order chi connectivity index (χ0) is 10.1. The van der Waals surface area contributed by atoms with Crippen molar-refractivity contribution >= 4 is 34.3 Å². The fourth-order valence-corrected chi connectivity index (χ4v) is 3.43. The van der Waals surface area contributed by atoms with Gasteiger partial charge in [0.2, 0.25) is 0 Å². The molecule has 0 bridgehead atoms. The van der Waals surface area contributed by atoms with Crippen molar-refractivity contribution in [1.29, 1.82) is 0 Å². The van der Waals surface area contributed by atoms with Gasteiger partial charge in [0.1, 0.15) is 0 Å². The number of hydrogen-bond donors (Lipinski definition) is 1. The van der Waals surface area contributed by atoms with E-state index in [-0.39, 0.29) is 6.04 Å². The monoisotopic (exact) mass is 243 g/mol. The first-order valence-electron chi connectivity index (χ1n) is 4.23. The molecule has 0 radical (unpaired) electrons. The third kappa shape index (κ3) is 1.86.